The maximum Gasteiger partial charge on any atom is 0.340 e. The molecular weight excluding hydrogens is 352 g/mol. The standard InChI is InChI=1S/C18H12N4O5/c23-12-5-6-13-11(7-17(24)27-16(13)8-12)9-26-18(25)14-3-1-2-4-15(14)22-10-19-20-21-22/h1-8,10,23H,9H2. The van der Waals surface area contributed by atoms with Crippen molar-refractivity contribution in [1.29, 1.82) is 0 Å². The smallest absolute Gasteiger partial charge is 0.340 e. The molecule has 0 unspecified atom stereocenters. The fourth-order valence-electron chi connectivity index (χ4n) is 2.68. The van der Waals surface area contributed by atoms with Crippen LogP contribution in [0.1, 0.15) is 15.9 Å². The van der Waals surface area contributed by atoms with Gasteiger partial charge < -0.3 is 14.3 Å². The number of carbonyl (C=O) groups excluding carboxylic acids is 1. The number of para-hydroxylation sites is 1. The number of tetrazole rings is 1. The van der Waals surface area contributed by atoms with Crippen LogP contribution >= 0.6 is 0 Å². The normalized spacial score (nSPS) is 10.8. The number of rotatable bonds is 4. The third-order valence-corrected chi connectivity index (χ3v) is 3.89. The Labute approximate surface area is 151 Å². The van der Waals surface area contributed by atoms with E-state index in [9.17, 15) is 14.7 Å². The molecule has 2 heterocycles. The number of aromatic hydroxyl groups is 1. The molecular formula is C18H12N4O5. The lowest BCUT2D eigenvalue weighted by Gasteiger charge is -2.10. The zero-order valence-electron chi connectivity index (χ0n) is 13.8. The molecule has 4 rings (SSSR count). The first-order valence-electron chi connectivity index (χ1n) is 7.87. The van der Waals surface area contributed by atoms with Crippen LogP contribution in [0.3, 0.4) is 0 Å². The molecule has 0 aliphatic carbocycles. The van der Waals surface area contributed by atoms with Gasteiger partial charge >= 0.3 is 11.6 Å². The fourth-order valence-corrected chi connectivity index (χ4v) is 2.68. The molecule has 4 aromatic rings. The number of esters is 1. The Balaban J connectivity index is 1.63. The van der Waals surface area contributed by atoms with Crippen LogP contribution in [0, 0.1) is 0 Å². The van der Waals surface area contributed by atoms with Crippen molar-refractivity contribution in [1.82, 2.24) is 20.2 Å². The van der Waals surface area contributed by atoms with Crippen LogP contribution in [0.25, 0.3) is 16.7 Å². The Morgan fingerprint density at radius 1 is 1.19 bits per heavy atom. The number of fused-ring (bicyclic) bond motifs is 1. The van der Waals surface area contributed by atoms with E-state index in [2.05, 4.69) is 15.5 Å². The molecule has 9 nitrogen and oxygen atoms in total. The van der Waals surface area contributed by atoms with Gasteiger partial charge in [0.15, 0.2) is 0 Å². The van der Waals surface area contributed by atoms with Crippen molar-refractivity contribution in [2.75, 3.05) is 0 Å². The predicted octanol–water partition coefficient (Wildman–Crippen LogP) is 1.83. The van der Waals surface area contributed by atoms with Gasteiger partial charge in [0.25, 0.3) is 0 Å². The topological polar surface area (TPSA) is 120 Å². The molecule has 0 saturated heterocycles. The Morgan fingerprint density at radius 2 is 2.04 bits per heavy atom. The highest BCUT2D eigenvalue weighted by atomic mass is 16.5. The monoisotopic (exact) mass is 364 g/mol. The number of nitrogens with zero attached hydrogens (tertiary/aromatic N) is 4. The molecule has 0 saturated carbocycles. The van der Waals surface area contributed by atoms with Crippen LogP contribution < -0.4 is 5.63 Å². The predicted molar refractivity (Wildman–Crippen MR) is 92.4 cm³/mol. The number of phenols is 1. The van der Waals surface area contributed by atoms with Gasteiger partial charge in [-0.25, -0.2) is 9.59 Å². The Kier molecular flexibility index (Phi) is 4.09. The summed E-state index contributed by atoms with van der Waals surface area (Å²) in [5, 5.41) is 21.0. The van der Waals surface area contributed by atoms with E-state index in [1.54, 1.807) is 30.3 Å². The second-order valence-corrected chi connectivity index (χ2v) is 5.62. The van der Waals surface area contributed by atoms with Crippen molar-refractivity contribution in [3.63, 3.8) is 0 Å². The van der Waals surface area contributed by atoms with E-state index < -0.39 is 11.6 Å². The van der Waals surface area contributed by atoms with E-state index >= 15 is 0 Å². The first-order chi connectivity index (χ1) is 13.1. The molecule has 0 aliphatic heterocycles. The van der Waals surface area contributed by atoms with Crippen molar-refractivity contribution in [2.24, 2.45) is 0 Å². The first-order valence-corrected chi connectivity index (χ1v) is 7.87. The van der Waals surface area contributed by atoms with Crippen LogP contribution in [0.2, 0.25) is 0 Å². The average Bonchev–Trinajstić information content (AvgIpc) is 3.20. The third-order valence-electron chi connectivity index (χ3n) is 3.89. The lowest BCUT2D eigenvalue weighted by molar-refractivity contribution is 0.0473. The molecule has 2 aromatic carbocycles. The third kappa shape index (κ3) is 3.25. The van der Waals surface area contributed by atoms with Gasteiger partial charge in [0.1, 0.15) is 24.3 Å². The van der Waals surface area contributed by atoms with Gasteiger partial charge in [0.05, 0.1) is 11.3 Å². The maximum absolute atomic E-state index is 12.6. The summed E-state index contributed by atoms with van der Waals surface area (Å²) in [6.45, 7) is -0.143. The number of carbonyl (C=O) groups is 1. The van der Waals surface area contributed by atoms with Crippen LogP contribution in [0.15, 0.2) is 64.1 Å². The molecule has 0 amide bonds. The molecule has 0 atom stereocenters. The van der Waals surface area contributed by atoms with Crippen LogP contribution in [0.5, 0.6) is 5.75 Å². The highest BCUT2D eigenvalue weighted by molar-refractivity contribution is 5.93. The van der Waals surface area contributed by atoms with Crippen molar-refractivity contribution < 1.29 is 19.1 Å². The molecule has 0 radical (unpaired) electrons. The van der Waals surface area contributed by atoms with Crippen molar-refractivity contribution in [2.45, 2.75) is 6.61 Å². The SMILES string of the molecule is O=C(OCc1cc(=O)oc2cc(O)ccc12)c1ccccc1-n1cnnn1. The average molecular weight is 364 g/mol. The second-order valence-electron chi connectivity index (χ2n) is 5.62. The number of hydrogen-bond donors (Lipinski definition) is 1. The van der Waals surface area contributed by atoms with E-state index in [4.69, 9.17) is 9.15 Å². The summed E-state index contributed by atoms with van der Waals surface area (Å²) in [5.74, 6) is -0.628. The zero-order valence-corrected chi connectivity index (χ0v) is 13.8. The molecule has 27 heavy (non-hydrogen) atoms. The Morgan fingerprint density at radius 3 is 2.85 bits per heavy atom. The van der Waals surface area contributed by atoms with E-state index in [0.717, 1.165) is 0 Å². The van der Waals surface area contributed by atoms with Gasteiger partial charge in [-0.1, -0.05) is 12.1 Å². The van der Waals surface area contributed by atoms with Crippen LogP contribution in [-0.4, -0.2) is 31.3 Å². The molecule has 0 spiro atoms. The van der Waals surface area contributed by atoms with Gasteiger partial charge in [-0.2, -0.15) is 4.68 Å². The Hall–Kier alpha value is -4.01. The largest absolute Gasteiger partial charge is 0.508 e. The van der Waals surface area contributed by atoms with Crippen molar-refractivity contribution in [3.05, 3.63) is 76.4 Å². The minimum absolute atomic E-state index is 0.0323. The lowest BCUT2D eigenvalue weighted by atomic mass is 10.1. The van der Waals surface area contributed by atoms with E-state index in [1.807, 2.05) is 0 Å². The maximum atomic E-state index is 12.6. The summed E-state index contributed by atoms with van der Waals surface area (Å²) >= 11 is 0. The van der Waals surface area contributed by atoms with Crippen LogP contribution in [-0.2, 0) is 11.3 Å². The molecule has 0 aliphatic rings. The van der Waals surface area contributed by atoms with Gasteiger partial charge in [0, 0.05) is 23.1 Å². The minimum Gasteiger partial charge on any atom is -0.508 e. The molecule has 134 valence electrons. The summed E-state index contributed by atoms with van der Waals surface area (Å²) in [4.78, 5) is 24.3. The number of aromatic nitrogens is 4. The zero-order chi connectivity index (χ0) is 18.8. The first kappa shape index (κ1) is 16.5. The van der Waals surface area contributed by atoms with Gasteiger partial charge in [-0.3, -0.25) is 0 Å². The second kappa shape index (κ2) is 6.71. The molecule has 1 N–H and O–H groups in total. The molecule has 2 aromatic heterocycles. The van der Waals surface area contributed by atoms with Gasteiger partial charge in [-0.05, 0) is 34.7 Å². The number of benzene rings is 2. The summed E-state index contributed by atoms with van der Waals surface area (Å²) in [7, 11) is 0. The van der Waals surface area contributed by atoms with E-state index in [1.165, 1.54) is 29.2 Å². The summed E-state index contributed by atoms with van der Waals surface area (Å²) < 4.78 is 11.8. The number of phenolic OH excluding ortho intramolecular Hbond substituents is 1. The van der Waals surface area contributed by atoms with Crippen molar-refractivity contribution in [3.8, 4) is 11.4 Å². The minimum atomic E-state index is -0.603. The number of hydrogen-bond acceptors (Lipinski definition) is 8. The molecule has 0 fully saturated rings. The fraction of sp³-hybridized carbons (Fsp3) is 0.0556. The highest BCUT2D eigenvalue weighted by Gasteiger charge is 2.16. The van der Waals surface area contributed by atoms with Gasteiger partial charge in [-0.15, -0.1) is 5.10 Å². The highest BCUT2D eigenvalue weighted by Crippen LogP contribution is 2.23. The lowest BCUT2D eigenvalue weighted by Crippen LogP contribution is -2.11. The van der Waals surface area contributed by atoms with Crippen LogP contribution in [0.4, 0.5) is 0 Å². The number of ether oxygens (including phenoxy) is 1. The summed E-state index contributed by atoms with van der Waals surface area (Å²) in [5.41, 5.74) is 0.815. The van der Waals surface area contributed by atoms with E-state index in [0.29, 0.717) is 16.6 Å². The van der Waals surface area contributed by atoms with E-state index in [-0.39, 0.29) is 23.5 Å². The Bertz CT molecular complexity index is 1180. The van der Waals surface area contributed by atoms with Gasteiger partial charge in [0.2, 0.25) is 0 Å². The van der Waals surface area contributed by atoms with Crippen molar-refractivity contribution >= 4 is 16.9 Å². The summed E-state index contributed by atoms with van der Waals surface area (Å²) in [6.07, 6.45) is 1.37. The molecule has 0 bridgehead atoms. The quantitative estimate of drug-likeness (QED) is 0.430. The summed E-state index contributed by atoms with van der Waals surface area (Å²) in [6, 6.07) is 12.3. The molecule has 9 heteroatoms.